The van der Waals surface area contributed by atoms with E-state index in [2.05, 4.69) is 31.3 Å². The summed E-state index contributed by atoms with van der Waals surface area (Å²) >= 11 is 4.82. The number of benzene rings is 1. The second kappa shape index (κ2) is 7.89. The molecule has 0 bridgehead atoms. The average Bonchev–Trinajstić information content (AvgIpc) is 2.91. The molecule has 2 N–H and O–H groups in total. The number of rotatable bonds is 5. The zero-order valence-corrected chi connectivity index (χ0v) is 14.9. The van der Waals surface area contributed by atoms with Crippen LogP contribution in [0.4, 0.5) is 29.3 Å². The molecule has 0 aliphatic carbocycles. The smallest absolute Gasteiger partial charge is 0.418 e. The molecule has 2 rings (SSSR count). The summed E-state index contributed by atoms with van der Waals surface area (Å²) < 4.78 is 45.2. The van der Waals surface area contributed by atoms with Crippen LogP contribution in [0.5, 0.6) is 0 Å². The molecule has 0 unspecified atom stereocenters. The molecule has 0 saturated carbocycles. The zero-order valence-electron chi connectivity index (χ0n) is 12.5. The van der Waals surface area contributed by atoms with E-state index in [0.717, 1.165) is 14.7 Å². The van der Waals surface area contributed by atoms with Gasteiger partial charge in [0, 0.05) is 17.1 Å². The Hall–Kier alpha value is -1.74. The van der Waals surface area contributed by atoms with Crippen molar-refractivity contribution in [3.63, 3.8) is 0 Å². The van der Waals surface area contributed by atoms with Crippen molar-refractivity contribution in [2.45, 2.75) is 19.6 Å². The van der Waals surface area contributed by atoms with Crippen molar-refractivity contribution in [1.29, 1.82) is 0 Å². The first-order valence-electron chi connectivity index (χ1n) is 6.92. The number of carbonyl (C=O) groups excluding carboxylic acids is 1. The molecular formula is C15H14BrF3N2O2S. The fourth-order valence-electron chi connectivity index (χ4n) is 1.91. The number of alkyl halides is 3. The van der Waals surface area contributed by atoms with Crippen molar-refractivity contribution in [2.24, 2.45) is 0 Å². The van der Waals surface area contributed by atoms with Crippen molar-refractivity contribution in [2.75, 3.05) is 17.2 Å². The Morgan fingerprint density at radius 1 is 1.29 bits per heavy atom. The maximum absolute atomic E-state index is 13.2. The van der Waals surface area contributed by atoms with Gasteiger partial charge in [-0.3, -0.25) is 5.32 Å². The molecule has 0 fully saturated rings. The van der Waals surface area contributed by atoms with E-state index in [0.29, 0.717) is 12.2 Å². The largest absolute Gasteiger partial charge is 0.450 e. The van der Waals surface area contributed by atoms with Gasteiger partial charge in [-0.05, 0) is 53.2 Å². The Morgan fingerprint density at radius 2 is 2.04 bits per heavy atom. The third kappa shape index (κ3) is 5.13. The molecule has 130 valence electrons. The van der Waals surface area contributed by atoms with Gasteiger partial charge >= 0.3 is 12.3 Å². The average molecular weight is 423 g/mol. The van der Waals surface area contributed by atoms with Gasteiger partial charge in [0.25, 0.3) is 0 Å². The topological polar surface area (TPSA) is 50.4 Å². The van der Waals surface area contributed by atoms with Crippen molar-refractivity contribution >= 4 is 44.7 Å². The van der Waals surface area contributed by atoms with Gasteiger partial charge < -0.3 is 10.1 Å². The lowest BCUT2D eigenvalue weighted by Crippen LogP contribution is -2.17. The molecule has 1 aromatic heterocycles. The molecule has 0 radical (unpaired) electrons. The van der Waals surface area contributed by atoms with Gasteiger partial charge in [-0.1, -0.05) is 0 Å². The number of thiophene rings is 1. The predicted molar refractivity (Wildman–Crippen MR) is 91.4 cm³/mol. The number of ether oxygens (including phenoxy) is 1. The summed E-state index contributed by atoms with van der Waals surface area (Å²) in [5.41, 5.74) is -0.973. The molecule has 1 amide bonds. The molecule has 0 aliphatic heterocycles. The number of anilines is 2. The molecule has 0 aliphatic rings. The second-order valence-corrected chi connectivity index (χ2v) is 7.21. The molecular weight excluding hydrogens is 409 g/mol. The highest BCUT2D eigenvalue weighted by atomic mass is 79.9. The molecule has 1 aromatic carbocycles. The molecule has 0 saturated heterocycles. The maximum atomic E-state index is 13.2. The van der Waals surface area contributed by atoms with Crippen LogP contribution < -0.4 is 10.6 Å². The molecule has 0 atom stereocenters. The number of halogens is 4. The van der Waals surface area contributed by atoms with Crippen LogP contribution in [0.25, 0.3) is 0 Å². The minimum absolute atomic E-state index is 0.0726. The summed E-state index contributed by atoms with van der Waals surface area (Å²) in [4.78, 5) is 12.3. The van der Waals surface area contributed by atoms with E-state index in [9.17, 15) is 18.0 Å². The van der Waals surface area contributed by atoms with Crippen molar-refractivity contribution in [3.8, 4) is 0 Å². The van der Waals surface area contributed by atoms with E-state index in [4.69, 9.17) is 0 Å². The number of nitrogens with one attached hydrogen (secondary N) is 2. The van der Waals surface area contributed by atoms with Crippen LogP contribution in [0.3, 0.4) is 0 Å². The molecule has 24 heavy (non-hydrogen) atoms. The lowest BCUT2D eigenvalue weighted by molar-refractivity contribution is -0.136. The first-order valence-corrected chi connectivity index (χ1v) is 8.53. The molecule has 0 spiro atoms. The minimum atomic E-state index is -4.60. The number of amides is 1. The third-order valence-electron chi connectivity index (χ3n) is 2.93. The summed E-state index contributed by atoms with van der Waals surface area (Å²) in [5, 5.41) is 5.05. The molecule has 2 aromatic rings. The molecule has 1 heterocycles. The number of hydrogen-bond acceptors (Lipinski definition) is 4. The molecule has 9 heteroatoms. The maximum Gasteiger partial charge on any atom is 0.418 e. The summed E-state index contributed by atoms with van der Waals surface area (Å²) in [7, 11) is 0. The van der Waals surface area contributed by atoms with E-state index in [1.165, 1.54) is 23.5 Å². The fraction of sp³-hybridized carbons (Fsp3) is 0.267. The van der Waals surface area contributed by atoms with Gasteiger partial charge in [-0.25, -0.2) is 4.79 Å². The van der Waals surface area contributed by atoms with Crippen LogP contribution in [-0.2, 0) is 17.5 Å². The fourth-order valence-corrected chi connectivity index (χ4v) is 3.33. The van der Waals surface area contributed by atoms with E-state index < -0.39 is 17.8 Å². The number of carbonyl (C=O) groups is 1. The van der Waals surface area contributed by atoms with E-state index in [1.807, 2.05) is 12.1 Å². The van der Waals surface area contributed by atoms with Gasteiger partial charge in [0.2, 0.25) is 0 Å². The highest BCUT2D eigenvalue weighted by Crippen LogP contribution is 2.37. The van der Waals surface area contributed by atoms with Gasteiger partial charge in [0.15, 0.2) is 0 Å². The lowest BCUT2D eigenvalue weighted by Gasteiger charge is -2.15. The van der Waals surface area contributed by atoms with Crippen molar-refractivity contribution in [3.05, 3.63) is 44.6 Å². The van der Waals surface area contributed by atoms with Crippen LogP contribution >= 0.6 is 27.3 Å². The van der Waals surface area contributed by atoms with Crippen molar-refractivity contribution < 1.29 is 22.7 Å². The zero-order chi connectivity index (χ0) is 17.7. The second-order valence-electron chi connectivity index (χ2n) is 4.66. The number of hydrogen-bond donors (Lipinski definition) is 2. The standard InChI is InChI=1S/C15H14BrF3N2O2S/c1-2-23-14(22)21-12-5-3-9(7-11(12)15(17,18)19)20-8-10-4-6-13(16)24-10/h3-7,20H,2,8H2,1H3,(H,21,22). The van der Waals surface area contributed by atoms with Crippen molar-refractivity contribution in [1.82, 2.24) is 0 Å². The van der Waals surface area contributed by atoms with Gasteiger partial charge in [0.05, 0.1) is 21.6 Å². The van der Waals surface area contributed by atoms with E-state index >= 15 is 0 Å². The Labute approximate surface area is 149 Å². The Balaban J connectivity index is 2.17. The quantitative estimate of drug-likeness (QED) is 0.648. The Bertz CT molecular complexity index is 719. The van der Waals surface area contributed by atoms with Crippen LogP contribution in [0, 0.1) is 0 Å². The van der Waals surface area contributed by atoms with Crippen LogP contribution in [0.2, 0.25) is 0 Å². The lowest BCUT2D eigenvalue weighted by atomic mass is 10.1. The highest BCUT2D eigenvalue weighted by molar-refractivity contribution is 9.11. The predicted octanol–water partition coefficient (Wildman–Crippen LogP) is 5.71. The Morgan fingerprint density at radius 3 is 2.62 bits per heavy atom. The summed E-state index contributed by atoms with van der Waals surface area (Å²) in [5.74, 6) is 0. The van der Waals surface area contributed by atoms with Crippen LogP contribution in [0.15, 0.2) is 34.1 Å². The summed E-state index contributed by atoms with van der Waals surface area (Å²) in [6, 6.07) is 7.38. The third-order valence-corrected chi connectivity index (χ3v) is 4.56. The van der Waals surface area contributed by atoms with Gasteiger partial charge in [-0.2, -0.15) is 13.2 Å². The van der Waals surface area contributed by atoms with Gasteiger partial charge in [0.1, 0.15) is 0 Å². The summed E-state index contributed by atoms with van der Waals surface area (Å²) in [6.07, 6.45) is -5.52. The molecule has 4 nitrogen and oxygen atoms in total. The SMILES string of the molecule is CCOC(=O)Nc1ccc(NCc2ccc(Br)s2)cc1C(F)(F)F. The Kier molecular flexibility index (Phi) is 6.11. The van der Waals surface area contributed by atoms with Gasteiger partial charge in [-0.15, -0.1) is 11.3 Å². The summed E-state index contributed by atoms with van der Waals surface area (Å²) in [6.45, 7) is 2.04. The minimum Gasteiger partial charge on any atom is -0.450 e. The van der Waals surface area contributed by atoms with Crippen LogP contribution in [0.1, 0.15) is 17.4 Å². The first-order chi connectivity index (χ1) is 11.3. The first kappa shape index (κ1) is 18.6. The van der Waals surface area contributed by atoms with E-state index in [1.54, 1.807) is 6.92 Å². The van der Waals surface area contributed by atoms with E-state index in [-0.39, 0.29) is 12.3 Å². The van der Waals surface area contributed by atoms with Crippen LogP contribution in [-0.4, -0.2) is 12.7 Å². The monoisotopic (exact) mass is 422 g/mol. The normalized spacial score (nSPS) is 11.2. The highest BCUT2D eigenvalue weighted by Gasteiger charge is 2.34.